The number of unbranched alkanes of at least 4 members (excludes halogenated alkanes) is 1. The SMILES string of the molecule is CC(CCC/C=C/c1ccc(O)cc1)(c1ccc(O)cc1)c1ccc(O)cc1. The van der Waals surface area contributed by atoms with Crippen molar-refractivity contribution in [1.82, 2.24) is 0 Å². The highest BCUT2D eigenvalue weighted by Gasteiger charge is 2.28. The normalized spacial score (nSPS) is 11.8. The summed E-state index contributed by atoms with van der Waals surface area (Å²) in [5.74, 6) is 0.790. The van der Waals surface area contributed by atoms with Gasteiger partial charge in [-0.2, -0.15) is 0 Å². The van der Waals surface area contributed by atoms with Gasteiger partial charge in [0.1, 0.15) is 17.2 Å². The van der Waals surface area contributed by atoms with Crippen molar-refractivity contribution in [2.24, 2.45) is 0 Å². The molecule has 0 aliphatic heterocycles. The van der Waals surface area contributed by atoms with Crippen LogP contribution in [0, 0.1) is 0 Å². The van der Waals surface area contributed by atoms with Gasteiger partial charge in [0.25, 0.3) is 0 Å². The standard InChI is InChI=1S/C25H26O3/c1-25(20-8-14-23(27)15-9-20,21-10-16-24(28)17-11-21)18-4-2-3-5-19-6-12-22(26)13-7-19/h3,5-17,26-28H,2,4,18H2,1H3/b5-3+. The van der Waals surface area contributed by atoms with E-state index in [9.17, 15) is 15.3 Å². The van der Waals surface area contributed by atoms with E-state index in [-0.39, 0.29) is 22.7 Å². The molecule has 3 aromatic carbocycles. The van der Waals surface area contributed by atoms with Gasteiger partial charge in [-0.1, -0.05) is 55.5 Å². The molecule has 3 N–H and O–H groups in total. The van der Waals surface area contributed by atoms with E-state index in [1.165, 1.54) is 0 Å². The summed E-state index contributed by atoms with van der Waals surface area (Å²) in [6.45, 7) is 2.20. The predicted octanol–water partition coefficient (Wildman–Crippen LogP) is 5.99. The number of phenolic OH excluding ortho intramolecular Hbond substituents is 3. The van der Waals surface area contributed by atoms with Crippen LogP contribution in [-0.2, 0) is 5.41 Å². The number of aromatic hydroxyl groups is 3. The molecule has 3 aromatic rings. The van der Waals surface area contributed by atoms with Crippen molar-refractivity contribution in [3.8, 4) is 17.2 Å². The summed E-state index contributed by atoms with van der Waals surface area (Å²) in [5.41, 5.74) is 3.13. The zero-order valence-electron chi connectivity index (χ0n) is 16.0. The maximum absolute atomic E-state index is 9.64. The summed E-state index contributed by atoms with van der Waals surface area (Å²) in [5, 5.41) is 28.6. The third-order valence-electron chi connectivity index (χ3n) is 5.26. The summed E-state index contributed by atoms with van der Waals surface area (Å²) in [4.78, 5) is 0. The molecule has 0 saturated heterocycles. The molecule has 3 rings (SSSR count). The molecule has 0 amide bonds. The van der Waals surface area contributed by atoms with Crippen LogP contribution in [0.1, 0.15) is 42.9 Å². The lowest BCUT2D eigenvalue weighted by molar-refractivity contribution is 0.468. The molecule has 0 bridgehead atoms. The third-order valence-corrected chi connectivity index (χ3v) is 5.26. The Morgan fingerprint density at radius 2 is 1.11 bits per heavy atom. The smallest absolute Gasteiger partial charge is 0.115 e. The first-order valence-electron chi connectivity index (χ1n) is 9.52. The number of hydrogen-bond acceptors (Lipinski definition) is 3. The van der Waals surface area contributed by atoms with Gasteiger partial charge in [-0.25, -0.2) is 0 Å². The monoisotopic (exact) mass is 374 g/mol. The summed E-state index contributed by atoms with van der Waals surface area (Å²) < 4.78 is 0. The van der Waals surface area contributed by atoms with E-state index in [4.69, 9.17) is 0 Å². The average molecular weight is 374 g/mol. The van der Waals surface area contributed by atoms with E-state index in [1.807, 2.05) is 36.4 Å². The Bertz CT molecular complexity index is 862. The fourth-order valence-corrected chi connectivity index (χ4v) is 3.49. The van der Waals surface area contributed by atoms with Crippen LogP contribution in [0.15, 0.2) is 78.9 Å². The van der Waals surface area contributed by atoms with Crippen molar-refractivity contribution in [3.05, 3.63) is 95.6 Å². The number of rotatable bonds is 7. The minimum atomic E-state index is -0.215. The molecule has 0 aliphatic carbocycles. The highest BCUT2D eigenvalue weighted by atomic mass is 16.3. The van der Waals surface area contributed by atoms with Crippen LogP contribution in [0.5, 0.6) is 17.2 Å². The molecule has 0 aromatic heterocycles. The van der Waals surface area contributed by atoms with Crippen molar-refractivity contribution in [3.63, 3.8) is 0 Å². The highest BCUT2D eigenvalue weighted by molar-refractivity contribution is 5.50. The van der Waals surface area contributed by atoms with Gasteiger partial charge < -0.3 is 15.3 Å². The molecule has 28 heavy (non-hydrogen) atoms. The molecule has 0 unspecified atom stereocenters. The molecule has 0 spiro atoms. The molecule has 0 aliphatic rings. The van der Waals surface area contributed by atoms with Gasteiger partial charge in [0.2, 0.25) is 0 Å². The third kappa shape index (κ3) is 4.74. The Kier molecular flexibility index (Phi) is 6.05. The van der Waals surface area contributed by atoms with Gasteiger partial charge in [0, 0.05) is 5.41 Å². The highest BCUT2D eigenvalue weighted by Crippen LogP contribution is 2.38. The minimum absolute atomic E-state index is 0.215. The first kappa shape index (κ1) is 19.6. The van der Waals surface area contributed by atoms with E-state index < -0.39 is 0 Å². The Morgan fingerprint density at radius 1 is 0.679 bits per heavy atom. The zero-order valence-corrected chi connectivity index (χ0v) is 16.0. The predicted molar refractivity (Wildman–Crippen MR) is 114 cm³/mol. The molecule has 0 saturated carbocycles. The molecule has 0 radical (unpaired) electrons. The zero-order chi connectivity index (χ0) is 20.0. The number of phenols is 3. The van der Waals surface area contributed by atoms with Gasteiger partial charge in [-0.3, -0.25) is 0 Å². The van der Waals surface area contributed by atoms with Gasteiger partial charge in [0.15, 0.2) is 0 Å². The van der Waals surface area contributed by atoms with Crippen molar-refractivity contribution in [1.29, 1.82) is 0 Å². The van der Waals surface area contributed by atoms with E-state index in [0.29, 0.717) is 0 Å². The minimum Gasteiger partial charge on any atom is -0.508 e. The fraction of sp³-hybridized carbons (Fsp3) is 0.200. The largest absolute Gasteiger partial charge is 0.508 e. The van der Waals surface area contributed by atoms with Crippen molar-refractivity contribution in [2.45, 2.75) is 31.6 Å². The van der Waals surface area contributed by atoms with Crippen LogP contribution in [0.25, 0.3) is 6.08 Å². The first-order chi connectivity index (χ1) is 13.5. The Hall–Kier alpha value is -3.20. The quantitative estimate of drug-likeness (QED) is 0.445. The van der Waals surface area contributed by atoms with Crippen molar-refractivity contribution in [2.75, 3.05) is 0 Å². The summed E-state index contributed by atoms with van der Waals surface area (Å²) in [7, 11) is 0. The van der Waals surface area contributed by atoms with Crippen LogP contribution in [0.2, 0.25) is 0 Å². The second-order valence-electron chi connectivity index (χ2n) is 7.31. The lowest BCUT2D eigenvalue weighted by atomic mass is 9.72. The molecular formula is C25H26O3. The molecule has 144 valence electrons. The van der Waals surface area contributed by atoms with E-state index >= 15 is 0 Å². The van der Waals surface area contributed by atoms with Gasteiger partial charge >= 0.3 is 0 Å². The van der Waals surface area contributed by atoms with Crippen molar-refractivity contribution < 1.29 is 15.3 Å². The Balaban J connectivity index is 1.73. The van der Waals surface area contributed by atoms with Crippen LogP contribution >= 0.6 is 0 Å². The Morgan fingerprint density at radius 3 is 1.57 bits per heavy atom. The second kappa shape index (κ2) is 8.66. The van der Waals surface area contributed by atoms with Crippen LogP contribution in [0.4, 0.5) is 0 Å². The number of allylic oxidation sites excluding steroid dienone is 1. The van der Waals surface area contributed by atoms with E-state index in [0.717, 1.165) is 36.0 Å². The molecule has 0 heterocycles. The fourth-order valence-electron chi connectivity index (χ4n) is 3.49. The average Bonchev–Trinajstić information content (AvgIpc) is 2.70. The number of hydrogen-bond donors (Lipinski definition) is 3. The van der Waals surface area contributed by atoms with Crippen LogP contribution < -0.4 is 0 Å². The lowest BCUT2D eigenvalue weighted by Crippen LogP contribution is -2.23. The maximum atomic E-state index is 9.64. The van der Waals surface area contributed by atoms with Crippen molar-refractivity contribution >= 4 is 6.08 Å². The first-order valence-corrected chi connectivity index (χ1v) is 9.52. The van der Waals surface area contributed by atoms with Gasteiger partial charge in [-0.15, -0.1) is 0 Å². The van der Waals surface area contributed by atoms with Crippen LogP contribution in [-0.4, -0.2) is 15.3 Å². The van der Waals surface area contributed by atoms with E-state index in [1.54, 1.807) is 36.4 Å². The second-order valence-corrected chi connectivity index (χ2v) is 7.31. The number of benzene rings is 3. The summed E-state index contributed by atoms with van der Waals surface area (Å²) in [6.07, 6.45) is 7.08. The van der Waals surface area contributed by atoms with Crippen LogP contribution in [0.3, 0.4) is 0 Å². The lowest BCUT2D eigenvalue weighted by Gasteiger charge is -2.31. The molecule has 0 atom stereocenters. The maximum Gasteiger partial charge on any atom is 0.115 e. The van der Waals surface area contributed by atoms with Gasteiger partial charge in [0.05, 0.1) is 0 Å². The summed E-state index contributed by atoms with van der Waals surface area (Å²) >= 11 is 0. The van der Waals surface area contributed by atoms with E-state index in [2.05, 4.69) is 19.1 Å². The molecule has 3 heteroatoms. The Labute approximate surface area is 166 Å². The molecule has 3 nitrogen and oxygen atoms in total. The molecule has 0 fully saturated rings. The van der Waals surface area contributed by atoms with Gasteiger partial charge in [-0.05, 0) is 72.4 Å². The summed E-state index contributed by atoms with van der Waals surface area (Å²) in [6, 6.07) is 21.9. The topological polar surface area (TPSA) is 60.7 Å². The molecular weight excluding hydrogens is 348 g/mol.